The first kappa shape index (κ1) is 48.7. The maximum Gasteiger partial charge on any atom is 3.00 e. The van der Waals surface area contributed by atoms with Gasteiger partial charge in [0.25, 0.3) is 0 Å². The fraction of sp³-hybridized carbons (Fsp3) is 0.318. The largest absolute Gasteiger partial charge is 3.00 e. The monoisotopic (exact) mass is 822 g/mol. The van der Waals surface area contributed by atoms with Crippen molar-refractivity contribution in [1.82, 2.24) is 0 Å². The molecular weight excluding hydrogens is 797 g/mol. The Hall–Kier alpha value is -4.00. The molecule has 0 heterocycles. The molecule has 2 aromatic rings. The average Bonchev–Trinajstić information content (AvgIpc) is 2.84. The van der Waals surface area contributed by atoms with E-state index in [-0.39, 0.29) is 71.2 Å². The van der Waals surface area contributed by atoms with Gasteiger partial charge in [-0.05, 0) is 43.5 Å². The van der Waals surface area contributed by atoms with Gasteiger partial charge in [0.2, 0.25) is 0 Å². The Balaban J connectivity index is -0.000000222. The number of benzene rings is 2. The third-order valence-electron chi connectivity index (χ3n) is 3.49. The molecule has 0 spiro atoms. The Morgan fingerprint density at radius 1 is 0.721 bits per heavy atom. The summed E-state index contributed by atoms with van der Waals surface area (Å²) in [6, 6.07) is 10.1. The zero-order chi connectivity index (χ0) is 32.4. The quantitative estimate of drug-likeness (QED) is 0.120. The summed E-state index contributed by atoms with van der Waals surface area (Å²) in [4.78, 5) is 42.7. The molecule has 0 amide bonds. The number of hydrogen-bond donors (Lipinski definition) is 0. The van der Waals surface area contributed by atoms with Crippen molar-refractivity contribution in [3.05, 3.63) is 93.5 Å². The maximum atomic E-state index is 11.9. The SMILES string of the molecule is CC(C)=O.COc1cccc(C=NCCCN=Cc2cccc(OC)c2[O-])c1[O-].O=[N+]([O-])[O-].O=[N+]([O-])[O-].O=[N+]([O-])[O-].[Cu+2].[Lu+3]. The zero-order valence-electron chi connectivity index (χ0n) is 22.8. The van der Waals surface area contributed by atoms with E-state index in [1.54, 1.807) is 48.8 Å². The van der Waals surface area contributed by atoms with Crippen LogP contribution in [0.4, 0.5) is 0 Å². The second kappa shape index (κ2) is 31.0. The van der Waals surface area contributed by atoms with Crippen LogP contribution in [0.15, 0.2) is 46.4 Å². The summed E-state index contributed by atoms with van der Waals surface area (Å²) in [5.41, 5.74) is 0.991. The van der Waals surface area contributed by atoms with E-state index < -0.39 is 15.3 Å². The predicted molar refractivity (Wildman–Crippen MR) is 142 cm³/mol. The van der Waals surface area contributed by atoms with Crippen molar-refractivity contribution < 1.29 is 93.7 Å². The fourth-order valence-corrected chi connectivity index (χ4v) is 2.17. The van der Waals surface area contributed by atoms with Gasteiger partial charge >= 0.3 is 53.9 Å². The van der Waals surface area contributed by atoms with Gasteiger partial charge < -0.3 is 70.4 Å². The van der Waals surface area contributed by atoms with Crippen molar-refractivity contribution in [2.75, 3.05) is 27.3 Å². The Morgan fingerprint density at radius 2 is 0.977 bits per heavy atom. The normalized spacial score (nSPS) is 8.84. The van der Waals surface area contributed by atoms with Crippen LogP contribution in [0.1, 0.15) is 31.4 Å². The summed E-state index contributed by atoms with van der Waals surface area (Å²) in [6.45, 7) is 4.13. The third kappa shape index (κ3) is 34.1. The summed E-state index contributed by atoms with van der Waals surface area (Å²) in [5, 5.41) is 68.1. The number of carbonyl (C=O) groups excluding carboxylic acids is 1. The van der Waals surface area contributed by atoms with Crippen LogP contribution < -0.4 is 19.7 Å². The molecule has 21 heteroatoms. The van der Waals surface area contributed by atoms with Crippen LogP contribution in [0.2, 0.25) is 0 Å². The molecule has 249 valence electrons. The summed E-state index contributed by atoms with van der Waals surface area (Å²) < 4.78 is 9.97. The minimum atomic E-state index is -1.75. The van der Waals surface area contributed by atoms with Gasteiger partial charge in [-0.25, -0.2) is 0 Å². The van der Waals surface area contributed by atoms with Gasteiger partial charge in [0.05, 0.1) is 29.5 Å². The smallest absolute Gasteiger partial charge is 0.870 e. The molecule has 0 atom stereocenters. The molecule has 0 N–H and O–H groups in total. The maximum absolute atomic E-state index is 11.9. The molecule has 43 heavy (non-hydrogen) atoms. The number of hydrogen-bond acceptors (Lipinski definition) is 16. The number of nitrogens with zero attached hydrogens (tertiary/aromatic N) is 5. The van der Waals surface area contributed by atoms with Gasteiger partial charge in [0.15, 0.2) is 0 Å². The fourth-order valence-electron chi connectivity index (χ4n) is 2.17. The van der Waals surface area contributed by atoms with E-state index >= 15 is 0 Å². The summed E-state index contributed by atoms with van der Waals surface area (Å²) in [7, 11) is 2.93. The van der Waals surface area contributed by atoms with E-state index in [1.807, 2.05) is 0 Å². The molecule has 0 bridgehead atoms. The number of ketones is 1. The molecule has 2 rings (SSSR count). The van der Waals surface area contributed by atoms with E-state index in [4.69, 9.17) is 55.4 Å². The van der Waals surface area contributed by atoms with Crippen LogP contribution in [0.3, 0.4) is 0 Å². The Labute approximate surface area is 284 Å². The Morgan fingerprint density at radius 3 is 1.21 bits per heavy atom. The molecule has 2 aromatic carbocycles. The van der Waals surface area contributed by atoms with Crippen molar-refractivity contribution in [3.8, 4) is 23.0 Å². The molecule has 0 saturated heterocycles. The molecule has 0 aromatic heterocycles. The number of aliphatic imine (C=N–C) groups is 2. The van der Waals surface area contributed by atoms with Crippen LogP contribution >= 0.6 is 0 Å². The molecule has 19 nitrogen and oxygen atoms in total. The molecule has 0 fully saturated rings. The molecule has 1 radical (unpaired) electrons. The van der Waals surface area contributed by atoms with E-state index in [9.17, 15) is 15.0 Å². The number of methoxy groups -OCH3 is 2. The number of carbonyl (C=O) groups is 1. The van der Waals surface area contributed by atoms with Gasteiger partial charge in [-0.3, -0.25) is 9.98 Å². The number of rotatable bonds is 8. The number of para-hydroxylation sites is 2. The topological polar surface area (TPSA) is 305 Å². The second-order valence-corrected chi connectivity index (χ2v) is 6.76. The standard InChI is InChI=1S/C19H22N2O4.C3H6O.Cu.Lu.3NO3/c1-24-16-8-3-6-14(18(16)22)12-20-10-5-11-21-13-15-7-4-9-17(25-2)19(15)23;1-3(2)4;;;3*2-1(3)4/h3-4,6-9,12-13,22-23H,5,10-11H2,1-2H3;1-2H3;;;;;/q;;+2;+3;3*-1/p-2. The zero-order valence-corrected chi connectivity index (χ0v) is 25.3. The van der Waals surface area contributed by atoms with E-state index in [0.29, 0.717) is 42.1 Å². The van der Waals surface area contributed by atoms with Crippen LogP contribution in [0, 0.1) is 82.8 Å². The molecule has 0 aliphatic heterocycles. The summed E-state index contributed by atoms with van der Waals surface area (Å²) >= 11 is 0. The average molecular weight is 823 g/mol. The van der Waals surface area contributed by atoms with Crippen LogP contribution in [-0.4, -0.2) is 60.8 Å². The van der Waals surface area contributed by atoms with Crippen molar-refractivity contribution in [1.29, 1.82) is 0 Å². The third-order valence-corrected chi connectivity index (χ3v) is 3.49. The van der Waals surface area contributed by atoms with E-state index in [1.165, 1.54) is 28.1 Å². The minimum Gasteiger partial charge on any atom is -0.870 e. The van der Waals surface area contributed by atoms with Gasteiger partial charge in [-0.1, -0.05) is 35.8 Å². The Kier molecular flexibility index (Phi) is 35.1. The summed E-state index contributed by atoms with van der Waals surface area (Å²) in [5.74, 6) is 0.432. The molecule has 0 aliphatic carbocycles. The van der Waals surface area contributed by atoms with Crippen LogP contribution in [-0.2, 0) is 21.9 Å². The van der Waals surface area contributed by atoms with Gasteiger partial charge in [0.1, 0.15) is 17.3 Å². The second-order valence-electron chi connectivity index (χ2n) is 6.76. The van der Waals surface area contributed by atoms with Crippen molar-refractivity contribution in [2.24, 2.45) is 9.98 Å². The van der Waals surface area contributed by atoms with Gasteiger partial charge in [0, 0.05) is 25.5 Å². The summed E-state index contributed by atoms with van der Waals surface area (Å²) in [6.07, 6.45) is 3.81. The first-order valence-corrected chi connectivity index (χ1v) is 10.7. The van der Waals surface area contributed by atoms with E-state index in [2.05, 4.69) is 9.98 Å². The van der Waals surface area contributed by atoms with Crippen LogP contribution in [0.25, 0.3) is 0 Å². The van der Waals surface area contributed by atoms with E-state index in [0.717, 1.165) is 0 Å². The number of Topliss-reactive ketones (excluding diaryl/α,β-unsaturated/α-hetero) is 1. The first-order chi connectivity index (χ1) is 19.1. The molecular formula is C22H26CuLuN5O14. The first-order valence-electron chi connectivity index (χ1n) is 10.7. The Bertz CT molecular complexity index is 1030. The minimum absolute atomic E-state index is 0. The van der Waals surface area contributed by atoms with Crippen molar-refractivity contribution >= 4 is 18.2 Å². The molecule has 0 saturated carbocycles. The number of ether oxygens (including phenoxy) is 2. The van der Waals surface area contributed by atoms with Crippen LogP contribution in [0.5, 0.6) is 23.0 Å². The molecule has 0 unspecified atom stereocenters. The van der Waals surface area contributed by atoms with Crippen molar-refractivity contribution in [3.63, 3.8) is 0 Å². The van der Waals surface area contributed by atoms with Gasteiger partial charge in [-0.15, -0.1) is 0 Å². The molecule has 0 aliphatic rings. The predicted octanol–water partition coefficient (Wildman–Crippen LogP) is 1.65. The van der Waals surface area contributed by atoms with Gasteiger partial charge in [-0.2, -0.15) is 0 Å². The van der Waals surface area contributed by atoms with Crippen molar-refractivity contribution in [2.45, 2.75) is 20.3 Å².